The molecule has 0 amide bonds. The predicted molar refractivity (Wildman–Crippen MR) is 97.0 cm³/mol. The Balaban J connectivity index is 3.11. The van der Waals surface area contributed by atoms with Crippen molar-refractivity contribution in [1.82, 2.24) is 0 Å². The number of hydrogen-bond acceptors (Lipinski definition) is 1. The summed E-state index contributed by atoms with van der Waals surface area (Å²) in [5.74, 6) is 0. The summed E-state index contributed by atoms with van der Waals surface area (Å²) in [5, 5.41) is 10.7. The summed E-state index contributed by atoms with van der Waals surface area (Å²) in [7, 11) is 4.36. The van der Waals surface area contributed by atoms with Crippen molar-refractivity contribution < 1.29 is 9.59 Å². The van der Waals surface area contributed by atoms with E-state index >= 15 is 0 Å². The van der Waals surface area contributed by atoms with Crippen LogP contribution < -0.4 is 5.11 Å². The van der Waals surface area contributed by atoms with Gasteiger partial charge in [-0.05, 0) is 12.8 Å². The SMILES string of the molecule is CCCCCCCCCCCCCCCC[N+](C)(C)CC[O-]. The molecule has 0 N–H and O–H groups in total. The molecule has 0 fully saturated rings. The van der Waals surface area contributed by atoms with Crippen LogP contribution in [0.1, 0.15) is 96.8 Å². The lowest BCUT2D eigenvalue weighted by molar-refractivity contribution is -0.895. The molecule has 0 heterocycles. The van der Waals surface area contributed by atoms with Crippen LogP contribution in [0.4, 0.5) is 0 Å². The summed E-state index contributed by atoms with van der Waals surface area (Å²) in [4.78, 5) is 0. The van der Waals surface area contributed by atoms with Crippen LogP contribution in [-0.4, -0.2) is 38.3 Å². The smallest absolute Gasteiger partial charge is 0.0782 e. The van der Waals surface area contributed by atoms with Gasteiger partial charge in [0, 0.05) is 0 Å². The molecule has 0 unspecified atom stereocenters. The summed E-state index contributed by atoms with van der Waals surface area (Å²) < 4.78 is 0.905. The first-order chi connectivity index (χ1) is 10.6. The van der Waals surface area contributed by atoms with E-state index in [4.69, 9.17) is 0 Å². The molecule has 22 heavy (non-hydrogen) atoms. The number of unbranched alkanes of at least 4 members (excludes halogenated alkanes) is 13. The highest BCUT2D eigenvalue weighted by Crippen LogP contribution is 2.13. The predicted octanol–water partition coefficient (Wildman–Crippen LogP) is 4.90. The van der Waals surface area contributed by atoms with Crippen molar-refractivity contribution in [2.75, 3.05) is 33.8 Å². The van der Waals surface area contributed by atoms with E-state index in [0.717, 1.165) is 11.0 Å². The van der Waals surface area contributed by atoms with Crippen molar-refractivity contribution >= 4 is 0 Å². The quantitative estimate of drug-likeness (QED) is 0.276. The second-order valence-corrected chi connectivity index (χ2v) is 7.68. The molecule has 0 radical (unpaired) electrons. The summed E-state index contributed by atoms with van der Waals surface area (Å²) in [5.41, 5.74) is 0. The molecule has 134 valence electrons. The van der Waals surface area contributed by atoms with Crippen molar-refractivity contribution in [2.24, 2.45) is 0 Å². The van der Waals surface area contributed by atoms with Gasteiger partial charge in [0.2, 0.25) is 0 Å². The first-order valence-corrected chi connectivity index (χ1v) is 10.0. The minimum absolute atomic E-state index is 0.0611. The third-order valence-corrected chi connectivity index (χ3v) is 4.81. The van der Waals surface area contributed by atoms with Gasteiger partial charge in [0.1, 0.15) is 0 Å². The molecule has 0 aliphatic carbocycles. The van der Waals surface area contributed by atoms with E-state index in [1.54, 1.807) is 0 Å². The maximum atomic E-state index is 10.7. The lowest BCUT2D eigenvalue weighted by Gasteiger charge is -2.31. The van der Waals surface area contributed by atoms with Crippen molar-refractivity contribution in [3.05, 3.63) is 0 Å². The lowest BCUT2D eigenvalue weighted by Crippen LogP contribution is -2.44. The van der Waals surface area contributed by atoms with E-state index in [-0.39, 0.29) is 6.61 Å². The fraction of sp³-hybridized carbons (Fsp3) is 1.00. The van der Waals surface area contributed by atoms with Gasteiger partial charge in [-0.1, -0.05) is 90.6 Å². The van der Waals surface area contributed by atoms with Crippen molar-refractivity contribution in [3.8, 4) is 0 Å². The van der Waals surface area contributed by atoms with E-state index < -0.39 is 0 Å². The van der Waals surface area contributed by atoms with Crippen LogP contribution in [0, 0.1) is 0 Å². The largest absolute Gasteiger partial charge is 0.850 e. The monoisotopic (exact) mass is 313 g/mol. The summed E-state index contributed by atoms with van der Waals surface area (Å²) in [6, 6.07) is 0. The van der Waals surface area contributed by atoms with Crippen LogP contribution >= 0.6 is 0 Å². The zero-order valence-corrected chi connectivity index (χ0v) is 15.9. The summed E-state index contributed by atoms with van der Waals surface area (Å²) >= 11 is 0. The van der Waals surface area contributed by atoms with Crippen LogP contribution in [-0.2, 0) is 0 Å². The molecule has 0 aromatic carbocycles. The number of nitrogens with zero attached hydrogens (tertiary/aromatic N) is 1. The van der Waals surface area contributed by atoms with Crippen molar-refractivity contribution in [3.63, 3.8) is 0 Å². The Hall–Kier alpha value is -0.0800. The highest BCUT2D eigenvalue weighted by molar-refractivity contribution is 4.49. The Morgan fingerprint density at radius 2 is 0.909 bits per heavy atom. The normalized spacial score (nSPS) is 12.0. The zero-order chi connectivity index (χ0) is 16.5. The van der Waals surface area contributed by atoms with Crippen LogP contribution in [0.5, 0.6) is 0 Å². The van der Waals surface area contributed by atoms with E-state index in [0.29, 0.717) is 0 Å². The third kappa shape index (κ3) is 16.3. The van der Waals surface area contributed by atoms with E-state index in [1.165, 1.54) is 96.4 Å². The standard InChI is InChI=1S/C20H43NO/c1-4-5-6-7-8-9-10-11-12-13-14-15-16-17-18-21(2,3)19-20-22/h4-20H2,1-3H3. The van der Waals surface area contributed by atoms with E-state index in [1.807, 2.05) is 0 Å². The van der Waals surface area contributed by atoms with Crippen molar-refractivity contribution in [1.29, 1.82) is 0 Å². The van der Waals surface area contributed by atoms with E-state index in [2.05, 4.69) is 21.0 Å². The maximum absolute atomic E-state index is 10.7. The Morgan fingerprint density at radius 3 is 1.27 bits per heavy atom. The second kappa shape index (κ2) is 15.8. The molecular weight excluding hydrogens is 270 g/mol. The first kappa shape index (κ1) is 21.9. The van der Waals surface area contributed by atoms with Crippen molar-refractivity contribution in [2.45, 2.75) is 96.8 Å². The molecule has 0 saturated carbocycles. The van der Waals surface area contributed by atoms with Gasteiger partial charge in [-0.15, -0.1) is 0 Å². The third-order valence-electron chi connectivity index (χ3n) is 4.81. The molecule has 0 aliphatic rings. The molecule has 0 atom stereocenters. The van der Waals surface area contributed by atoms with Crippen LogP contribution in [0.25, 0.3) is 0 Å². The zero-order valence-electron chi connectivity index (χ0n) is 15.9. The number of hydrogen-bond donors (Lipinski definition) is 0. The molecule has 0 saturated heterocycles. The summed E-state index contributed by atoms with van der Waals surface area (Å²) in [6.45, 7) is 4.29. The second-order valence-electron chi connectivity index (χ2n) is 7.68. The lowest BCUT2D eigenvalue weighted by atomic mass is 10.0. The Bertz CT molecular complexity index is 216. The molecule has 0 spiro atoms. The first-order valence-electron chi connectivity index (χ1n) is 10.0. The van der Waals surface area contributed by atoms with Crippen LogP contribution in [0.2, 0.25) is 0 Å². The Kier molecular flexibility index (Phi) is 15.7. The minimum atomic E-state index is 0.0611. The van der Waals surface area contributed by atoms with Gasteiger partial charge >= 0.3 is 0 Å². The van der Waals surface area contributed by atoms with Crippen LogP contribution in [0.15, 0.2) is 0 Å². The molecule has 0 bridgehead atoms. The van der Waals surface area contributed by atoms with Crippen LogP contribution in [0.3, 0.4) is 0 Å². The average Bonchev–Trinajstić information content (AvgIpc) is 2.47. The molecule has 0 aromatic rings. The van der Waals surface area contributed by atoms with Gasteiger partial charge in [-0.3, -0.25) is 0 Å². The average molecular weight is 314 g/mol. The van der Waals surface area contributed by atoms with Gasteiger partial charge in [-0.2, -0.15) is 0 Å². The number of rotatable bonds is 17. The van der Waals surface area contributed by atoms with Gasteiger partial charge in [0.15, 0.2) is 0 Å². The highest BCUT2D eigenvalue weighted by atomic mass is 16.3. The molecule has 2 heteroatoms. The van der Waals surface area contributed by atoms with Gasteiger partial charge in [0.25, 0.3) is 0 Å². The highest BCUT2D eigenvalue weighted by Gasteiger charge is 2.10. The molecular formula is C20H43NO. The Labute approximate surface area is 140 Å². The van der Waals surface area contributed by atoms with Gasteiger partial charge in [-0.25, -0.2) is 0 Å². The number of quaternary nitrogens is 1. The molecule has 2 nitrogen and oxygen atoms in total. The van der Waals surface area contributed by atoms with Gasteiger partial charge < -0.3 is 9.59 Å². The molecule has 0 aromatic heterocycles. The van der Waals surface area contributed by atoms with E-state index in [9.17, 15) is 5.11 Å². The number of likely N-dealkylation sites (N-methyl/N-ethyl adjacent to an activating group) is 1. The molecule has 0 aliphatic heterocycles. The Morgan fingerprint density at radius 1 is 0.545 bits per heavy atom. The summed E-state index contributed by atoms with van der Waals surface area (Å²) in [6.07, 6.45) is 19.8. The maximum Gasteiger partial charge on any atom is 0.0782 e. The fourth-order valence-electron chi connectivity index (χ4n) is 3.09. The minimum Gasteiger partial charge on any atom is -0.850 e. The molecule has 0 rings (SSSR count). The fourth-order valence-corrected chi connectivity index (χ4v) is 3.09. The van der Waals surface area contributed by atoms with Gasteiger partial charge in [0.05, 0.1) is 27.2 Å². The topological polar surface area (TPSA) is 23.1 Å².